The van der Waals surface area contributed by atoms with Crippen LogP contribution in [0.2, 0.25) is 0 Å². The molecule has 4 bridgehead atoms. The van der Waals surface area contributed by atoms with Gasteiger partial charge in [0, 0.05) is 37.7 Å². The molecule has 0 N–H and O–H groups in total. The Morgan fingerprint density at radius 2 is 1.87 bits per heavy atom. The second-order valence-corrected chi connectivity index (χ2v) is 8.65. The third-order valence-electron chi connectivity index (χ3n) is 6.91. The van der Waals surface area contributed by atoms with E-state index in [0.29, 0.717) is 17.9 Å². The fourth-order valence-corrected chi connectivity index (χ4v) is 6.42. The molecule has 0 atom stereocenters. The molecule has 0 aromatic carbocycles. The minimum atomic E-state index is 0.347. The Balaban J connectivity index is 1.31. The van der Waals surface area contributed by atoms with E-state index >= 15 is 0 Å². The highest BCUT2D eigenvalue weighted by molar-refractivity contribution is 5.77. The second-order valence-electron chi connectivity index (χ2n) is 8.65. The summed E-state index contributed by atoms with van der Waals surface area (Å²) >= 11 is 0. The van der Waals surface area contributed by atoms with E-state index in [4.69, 9.17) is 0 Å². The molecule has 0 radical (unpaired) electrons. The molecule has 4 nitrogen and oxygen atoms in total. The van der Waals surface area contributed by atoms with Crippen LogP contribution < -0.4 is 0 Å². The summed E-state index contributed by atoms with van der Waals surface area (Å²) in [5.41, 5.74) is 2.61. The highest BCUT2D eigenvalue weighted by Crippen LogP contribution is 2.61. The topological polar surface area (TPSA) is 46.1 Å². The number of hydrogen-bond donors (Lipinski definition) is 0. The second kappa shape index (κ2) is 5.02. The molecule has 122 valence electrons. The first kappa shape index (κ1) is 13.9. The normalized spacial score (nSPS) is 37.7. The van der Waals surface area contributed by atoms with Crippen LogP contribution in [0, 0.1) is 23.2 Å². The van der Waals surface area contributed by atoms with Crippen LogP contribution >= 0.6 is 0 Å². The lowest BCUT2D eigenvalue weighted by Crippen LogP contribution is -2.49. The average Bonchev–Trinajstić information content (AvgIpc) is 2.52. The Bertz CT molecular complexity index is 606. The molecule has 1 aliphatic heterocycles. The van der Waals surface area contributed by atoms with Crippen LogP contribution in [0.25, 0.3) is 0 Å². The van der Waals surface area contributed by atoms with Crippen molar-refractivity contribution in [2.24, 2.45) is 23.2 Å². The molecule has 4 saturated carbocycles. The van der Waals surface area contributed by atoms with Crippen molar-refractivity contribution < 1.29 is 4.79 Å². The molecule has 1 aromatic heterocycles. The van der Waals surface area contributed by atoms with E-state index in [9.17, 15) is 4.79 Å². The summed E-state index contributed by atoms with van der Waals surface area (Å²) < 4.78 is 0. The quantitative estimate of drug-likeness (QED) is 0.843. The standard InChI is InChI=1S/C19H25N3O/c23-18(22-2-1-17-16(11-22)10-20-12-21-17)9-19-6-13-3-14(7-19)5-15(4-13)8-19/h10,12-15H,1-9,11H2. The first-order valence-electron chi connectivity index (χ1n) is 9.25. The maximum Gasteiger partial charge on any atom is 0.223 e. The van der Waals surface area contributed by atoms with Gasteiger partial charge in [0.1, 0.15) is 6.33 Å². The van der Waals surface area contributed by atoms with Crippen molar-refractivity contribution in [3.63, 3.8) is 0 Å². The molecule has 2 heterocycles. The summed E-state index contributed by atoms with van der Waals surface area (Å²) in [7, 11) is 0. The molecule has 4 heteroatoms. The van der Waals surface area contributed by atoms with Crippen molar-refractivity contribution in [1.82, 2.24) is 14.9 Å². The summed E-state index contributed by atoms with van der Waals surface area (Å²) in [6.07, 6.45) is 13.5. The third-order valence-corrected chi connectivity index (χ3v) is 6.91. The maximum atomic E-state index is 13.0. The van der Waals surface area contributed by atoms with Crippen LogP contribution in [0.15, 0.2) is 12.5 Å². The Labute approximate surface area is 137 Å². The van der Waals surface area contributed by atoms with Crippen molar-refractivity contribution >= 4 is 5.91 Å². The van der Waals surface area contributed by atoms with Gasteiger partial charge in [0.05, 0.1) is 5.69 Å². The number of hydrogen-bond acceptors (Lipinski definition) is 3. The molecule has 1 amide bonds. The fraction of sp³-hybridized carbons (Fsp3) is 0.737. The van der Waals surface area contributed by atoms with E-state index in [1.54, 1.807) is 6.33 Å². The van der Waals surface area contributed by atoms with Crippen molar-refractivity contribution in [2.45, 2.75) is 57.9 Å². The lowest BCUT2D eigenvalue weighted by Gasteiger charge is -2.57. The van der Waals surface area contributed by atoms with Crippen LogP contribution in [-0.2, 0) is 17.8 Å². The smallest absolute Gasteiger partial charge is 0.223 e. The zero-order chi connectivity index (χ0) is 15.4. The zero-order valence-corrected chi connectivity index (χ0v) is 13.7. The molecule has 4 fully saturated rings. The zero-order valence-electron chi connectivity index (χ0n) is 13.7. The highest BCUT2D eigenvalue weighted by Gasteiger charge is 2.51. The van der Waals surface area contributed by atoms with Gasteiger partial charge >= 0.3 is 0 Å². The van der Waals surface area contributed by atoms with E-state index in [1.807, 2.05) is 6.20 Å². The number of aromatic nitrogens is 2. The number of rotatable bonds is 2. The highest BCUT2D eigenvalue weighted by atomic mass is 16.2. The average molecular weight is 311 g/mol. The molecule has 23 heavy (non-hydrogen) atoms. The Morgan fingerprint density at radius 3 is 2.57 bits per heavy atom. The Hall–Kier alpha value is -1.45. The molecular formula is C19H25N3O. The number of amides is 1. The van der Waals surface area contributed by atoms with Crippen molar-refractivity contribution in [3.8, 4) is 0 Å². The van der Waals surface area contributed by atoms with Gasteiger partial charge in [-0.05, 0) is 61.7 Å². The Morgan fingerprint density at radius 1 is 1.17 bits per heavy atom. The predicted octanol–water partition coefficient (Wildman–Crippen LogP) is 2.97. The number of carbonyl (C=O) groups is 1. The third kappa shape index (κ3) is 2.38. The van der Waals surface area contributed by atoms with Crippen LogP contribution in [0.5, 0.6) is 0 Å². The van der Waals surface area contributed by atoms with E-state index < -0.39 is 0 Å². The summed E-state index contributed by atoms with van der Waals surface area (Å²) in [5.74, 6) is 3.14. The summed E-state index contributed by atoms with van der Waals surface area (Å²) in [4.78, 5) is 23.5. The fourth-order valence-electron chi connectivity index (χ4n) is 6.42. The number of carbonyl (C=O) groups excluding carboxylic acids is 1. The largest absolute Gasteiger partial charge is 0.338 e. The van der Waals surface area contributed by atoms with Gasteiger partial charge in [-0.2, -0.15) is 0 Å². The maximum absolute atomic E-state index is 13.0. The number of nitrogens with zero attached hydrogens (tertiary/aromatic N) is 3. The van der Waals surface area contributed by atoms with Gasteiger partial charge in [-0.1, -0.05) is 0 Å². The van der Waals surface area contributed by atoms with Gasteiger partial charge < -0.3 is 4.90 Å². The van der Waals surface area contributed by atoms with Crippen LogP contribution in [0.1, 0.15) is 56.2 Å². The molecular weight excluding hydrogens is 286 g/mol. The van der Waals surface area contributed by atoms with Gasteiger partial charge in [0.25, 0.3) is 0 Å². The minimum Gasteiger partial charge on any atom is -0.338 e. The predicted molar refractivity (Wildman–Crippen MR) is 86.4 cm³/mol. The molecule has 0 saturated heterocycles. The van der Waals surface area contributed by atoms with Crippen LogP contribution in [0.4, 0.5) is 0 Å². The summed E-state index contributed by atoms with van der Waals surface area (Å²) in [6.45, 7) is 1.54. The summed E-state index contributed by atoms with van der Waals surface area (Å²) in [6, 6.07) is 0. The van der Waals surface area contributed by atoms with Gasteiger partial charge in [0.15, 0.2) is 0 Å². The van der Waals surface area contributed by atoms with Crippen molar-refractivity contribution in [3.05, 3.63) is 23.8 Å². The summed E-state index contributed by atoms with van der Waals surface area (Å²) in [5, 5.41) is 0. The van der Waals surface area contributed by atoms with Gasteiger partial charge in [-0.3, -0.25) is 4.79 Å². The molecule has 1 aromatic rings. The lowest BCUT2D eigenvalue weighted by atomic mass is 9.49. The van der Waals surface area contributed by atoms with Gasteiger partial charge in [-0.25, -0.2) is 9.97 Å². The molecule has 5 aliphatic rings. The molecule has 0 spiro atoms. The lowest BCUT2D eigenvalue weighted by molar-refractivity contribution is -0.140. The van der Waals surface area contributed by atoms with Gasteiger partial charge in [-0.15, -0.1) is 0 Å². The first-order valence-corrected chi connectivity index (χ1v) is 9.25. The van der Waals surface area contributed by atoms with Crippen molar-refractivity contribution in [2.75, 3.05) is 6.54 Å². The van der Waals surface area contributed by atoms with Crippen LogP contribution in [-0.4, -0.2) is 27.3 Å². The van der Waals surface area contributed by atoms with Crippen molar-refractivity contribution in [1.29, 1.82) is 0 Å². The molecule has 0 unspecified atom stereocenters. The van der Waals surface area contributed by atoms with E-state index in [1.165, 1.54) is 38.5 Å². The van der Waals surface area contributed by atoms with Gasteiger partial charge in [0.2, 0.25) is 5.91 Å². The van der Waals surface area contributed by atoms with E-state index in [2.05, 4.69) is 14.9 Å². The van der Waals surface area contributed by atoms with E-state index in [-0.39, 0.29) is 0 Å². The van der Waals surface area contributed by atoms with E-state index in [0.717, 1.165) is 48.4 Å². The first-order chi connectivity index (χ1) is 11.2. The number of fused-ring (bicyclic) bond motifs is 1. The monoisotopic (exact) mass is 311 g/mol. The Kier molecular flexibility index (Phi) is 3.04. The molecule has 6 rings (SSSR count). The molecule has 4 aliphatic carbocycles. The van der Waals surface area contributed by atoms with Crippen LogP contribution in [0.3, 0.4) is 0 Å². The minimum absolute atomic E-state index is 0.347. The SMILES string of the molecule is O=C(CC12CC3CC(CC(C3)C1)C2)N1CCc2ncncc2C1.